The quantitative estimate of drug-likeness (QED) is 0.401. The van der Waals surface area contributed by atoms with Crippen LogP contribution in [0.2, 0.25) is 0 Å². The zero-order chi connectivity index (χ0) is 19.2. The molecule has 2 N–H and O–H groups in total. The summed E-state index contributed by atoms with van der Waals surface area (Å²) in [6.07, 6.45) is 1.55. The van der Waals surface area contributed by atoms with Gasteiger partial charge in [0, 0.05) is 5.69 Å². The molecule has 3 rings (SSSR count). The van der Waals surface area contributed by atoms with Crippen LogP contribution in [0.5, 0.6) is 0 Å². The van der Waals surface area contributed by atoms with Gasteiger partial charge in [0.1, 0.15) is 6.33 Å². The van der Waals surface area contributed by atoms with E-state index in [0.717, 1.165) is 22.6 Å². The minimum Gasteiger partial charge on any atom is -0.331 e. The van der Waals surface area contributed by atoms with E-state index >= 15 is 0 Å². The molecule has 0 saturated heterocycles. The fourth-order valence-corrected chi connectivity index (χ4v) is 2.63. The largest absolute Gasteiger partial charge is 0.331 e. The zero-order valence-corrected chi connectivity index (χ0v) is 16.2. The van der Waals surface area contributed by atoms with Crippen LogP contribution >= 0.6 is 12.2 Å². The van der Waals surface area contributed by atoms with Crippen LogP contribution in [0.3, 0.4) is 0 Å². The smallest absolute Gasteiger partial charge is 0.191 e. The maximum atomic E-state index is 5.32. The van der Waals surface area contributed by atoms with E-state index in [4.69, 9.17) is 12.2 Å². The number of nitrogens with one attached hydrogen (secondary N) is 2. The topological polar surface area (TPSA) is 80.0 Å². The van der Waals surface area contributed by atoms with Crippen molar-refractivity contribution in [1.82, 2.24) is 25.6 Å². The monoisotopic (exact) mass is 379 g/mol. The van der Waals surface area contributed by atoms with Crippen molar-refractivity contribution in [2.75, 3.05) is 5.32 Å². The van der Waals surface area contributed by atoms with Gasteiger partial charge in [-0.05, 0) is 70.9 Å². The number of anilines is 1. The molecule has 0 aliphatic carbocycles. The molecule has 0 spiro atoms. The molecule has 0 aliphatic heterocycles. The van der Waals surface area contributed by atoms with E-state index in [-0.39, 0.29) is 0 Å². The number of thiocarbonyl (C=S) groups is 1. The van der Waals surface area contributed by atoms with Crippen LogP contribution in [0.1, 0.15) is 37.8 Å². The number of hydrogen-bond donors (Lipinski definition) is 2. The highest BCUT2D eigenvalue weighted by atomic mass is 32.1. The van der Waals surface area contributed by atoms with E-state index in [0.29, 0.717) is 11.0 Å². The van der Waals surface area contributed by atoms with Crippen molar-refractivity contribution in [2.24, 2.45) is 5.10 Å². The van der Waals surface area contributed by atoms with E-state index in [1.54, 1.807) is 11.0 Å². The number of hydrazone groups is 1. The van der Waals surface area contributed by atoms with Gasteiger partial charge in [0.25, 0.3) is 0 Å². The summed E-state index contributed by atoms with van der Waals surface area (Å²) in [5.41, 5.74) is 7.69. The number of rotatable bonds is 5. The summed E-state index contributed by atoms with van der Waals surface area (Å²) >= 11 is 5.32. The van der Waals surface area contributed by atoms with Crippen molar-refractivity contribution in [2.45, 2.75) is 26.7 Å². The van der Waals surface area contributed by atoms with E-state index in [1.807, 2.05) is 43.3 Å². The van der Waals surface area contributed by atoms with Gasteiger partial charge < -0.3 is 5.32 Å². The van der Waals surface area contributed by atoms with E-state index in [1.165, 1.54) is 5.56 Å². The number of nitrogens with zero attached hydrogens (tertiary/aromatic N) is 5. The van der Waals surface area contributed by atoms with Gasteiger partial charge in [-0.2, -0.15) is 5.10 Å². The number of benzene rings is 2. The minimum absolute atomic E-state index is 0.434. The zero-order valence-electron chi connectivity index (χ0n) is 15.4. The molecule has 1 heterocycles. The van der Waals surface area contributed by atoms with Gasteiger partial charge in [0.05, 0.1) is 11.4 Å². The molecule has 3 aromatic rings. The highest BCUT2D eigenvalue weighted by Gasteiger charge is 2.04. The van der Waals surface area contributed by atoms with E-state index in [9.17, 15) is 0 Å². The second-order valence-electron chi connectivity index (χ2n) is 6.34. The van der Waals surface area contributed by atoms with Crippen molar-refractivity contribution in [3.8, 4) is 5.69 Å². The second kappa shape index (κ2) is 8.50. The highest BCUT2D eigenvalue weighted by molar-refractivity contribution is 7.80. The highest BCUT2D eigenvalue weighted by Crippen LogP contribution is 2.17. The average molecular weight is 379 g/mol. The SMILES string of the molecule is C/C(=N\NC(=S)Nc1ccc(C(C)C)cc1)c1cccc(-n2cnnn2)c1. The lowest BCUT2D eigenvalue weighted by molar-refractivity contribution is 0.789. The normalized spacial score (nSPS) is 11.5. The summed E-state index contributed by atoms with van der Waals surface area (Å²) < 4.78 is 1.59. The summed E-state index contributed by atoms with van der Waals surface area (Å²) in [6, 6.07) is 16.0. The van der Waals surface area contributed by atoms with Gasteiger partial charge in [-0.15, -0.1) is 5.10 Å². The summed E-state index contributed by atoms with van der Waals surface area (Å²) in [4.78, 5) is 0. The molecule has 1 aromatic heterocycles. The fourth-order valence-electron chi connectivity index (χ4n) is 2.46. The van der Waals surface area contributed by atoms with Gasteiger partial charge >= 0.3 is 0 Å². The Morgan fingerprint density at radius 1 is 1.15 bits per heavy atom. The molecule has 2 aromatic carbocycles. The molecule has 0 radical (unpaired) electrons. The first-order valence-corrected chi connectivity index (χ1v) is 8.99. The van der Waals surface area contributed by atoms with Crippen molar-refractivity contribution in [3.63, 3.8) is 0 Å². The summed E-state index contributed by atoms with van der Waals surface area (Å²) in [5, 5.41) is 19.1. The van der Waals surface area contributed by atoms with Crippen LogP contribution in [0, 0.1) is 0 Å². The van der Waals surface area contributed by atoms with Crippen molar-refractivity contribution in [3.05, 3.63) is 66.0 Å². The molecule has 0 fully saturated rings. The molecule has 0 aliphatic rings. The molecule has 138 valence electrons. The van der Waals surface area contributed by atoms with E-state index in [2.05, 4.69) is 57.3 Å². The maximum absolute atomic E-state index is 5.32. The van der Waals surface area contributed by atoms with Gasteiger partial charge in [-0.25, -0.2) is 4.68 Å². The lowest BCUT2D eigenvalue weighted by Gasteiger charge is -2.10. The predicted octanol–water partition coefficient (Wildman–Crippen LogP) is 3.50. The Balaban J connectivity index is 1.63. The Morgan fingerprint density at radius 3 is 2.59 bits per heavy atom. The average Bonchev–Trinajstić information content (AvgIpc) is 3.21. The molecular formula is C19H21N7S. The minimum atomic E-state index is 0.434. The molecule has 0 bridgehead atoms. The molecule has 7 nitrogen and oxygen atoms in total. The van der Waals surface area contributed by atoms with Gasteiger partial charge in [-0.3, -0.25) is 5.43 Å². The van der Waals surface area contributed by atoms with Crippen LogP contribution in [-0.4, -0.2) is 31.0 Å². The van der Waals surface area contributed by atoms with Crippen molar-refractivity contribution >= 4 is 28.7 Å². The van der Waals surface area contributed by atoms with Gasteiger partial charge in [0.2, 0.25) is 0 Å². The molecule has 0 unspecified atom stereocenters. The van der Waals surface area contributed by atoms with Crippen LogP contribution in [0.15, 0.2) is 60.0 Å². The first kappa shape index (κ1) is 18.7. The molecule has 0 atom stereocenters. The van der Waals surface area contributed by atoms with Crippen molar-refractivity contribution < 1.29 is 0 Å². The Morgan fingerprint density at radius 2 is 1.93 bits per heavy atom. The third-order valence-corrected chi connectivity index (χ3v) is 4.23. The van der Waals surface area contributed by atoms with Gasteiger partial charge in [-0.1, -0.05) is 38.1 Å². The lowest BCUT2D eigenvalue weighted by Crippen LogP contribution is -2.25. The van der Waals surface area contributed by atoms with Gasteiger partial charge in [0.15, 0.2) is 5.11 Å². The third-order valence-electron chi connectivity index (χ3n) is 4.04. The maximum Gasteiger partial charge on any atom is 0.191 e. The van der Waals surface area contributed by atoms with Crippen LogP contribution in [0.4, 0.5) is 5.69 Å². The number of hydrogen-bond acceptors (Lipinski definition) is 5. The Labute approximate surface area is 163 Å². The lowest BCUT2D eigenvalue weighted by atomic mass is 10.0. The first-order chi connectivity index (χ1) is 13.0. The van der Waals surface area contributed by atoms with Crippen LogP contribution in [0.25, 0.3) is 5.69 Å². The Hall–Kier alpha value is -3.13. The predicted molar refractivity (Wildman–Crippen MR) is 111 cm³/mol. The Kier molecular flexibility index (Phi) is 5.87. The third kappa shape index (κ3) is 4.95. The molecule has 8 heteroatoms. The summed E-state index contributed by atoms with van der Waals surface area (Å²) in [5.74, 6) is 0.500. The molecule has 27 heavy (non-hydrogen) atoms. The molecule has 0 amide bonds. The van der Waals surface area contributed by atoms with E-state index < -0.39 is 0 Å². The Bertz CT molecular complexity index is 931. The fraction of sp³-hybridized carbons (Fsp3) is 0.211. The summed E-state index contributed by atoms with van der Waals surface area (Å²) in [6.45, 7) is 6.24. The standard InChI is InChI=1S/C19H21N7S/c1-13(2)15-7-9-17(10-8-15)21-19(27)23-22-14(3)16-5-4-6-18(11-16)26-12-20-24-25-26/h4-13H,1-3H3,(H2,21,23,27)/b22-14+. The first-order valence-electron chi connectivity index (χ1n) is 8.58. The number of tetrazole rings is 1. The molecular weight excluding hydrogens is 358 g/mol. The number of aromatic nitrogens is 4. The van der Waals surface area contributed by atoms with Crippen LogP contribution in [-0.2, 0) is 0 Å². The van der Waals surface area contributed by atoms with Crippen molar-refractivity contribution in [1.29, 1.82) is 0 Å². The van der Waals surface area contributed by atoms with Crippen LogP contribution < -0.4 is 10.7 Å². The molecule has 0 saturated carbocycles. The summed E-state index contributed by atoms with van der Waals surface area (Å²) in [7, 11) is 0. The second-order valence-corrected chi connectivity index (χ2v) is 6.75.